The van der Waals surface area contributed by atoms with Gasteiger partial charge in [0.15, 0.2) is 0 Å². The van der Waals surface area contributed by atoms with E-state index in [1.807, 2.05) is 7.11 Å². The van der Waals surface area contributed by atoms with Gasteiger partial charge in [0.05, 0.1) is 0 Å². The Morgan fingerprint density at radius 2 is 1.35 bits per heavy atom. The monoisotopic (exact) mass is 424 g/mol. The maximum absolute atomic E-state index is 6.07. The van der Waals surface area contributed by atoms with Gasteiger partial charge in [-0.05, 0) is 0 Å². The fourth-order valence-electron chi connectivity index (χ4n) is 3.42. The third-order valence-corrected chi connectivity index (χ3v) is 20.1. The van der Waals surface area contributed by atoms with Crippen LogP contribution in [-0.4, -0.2) is 25.5 Å². The molecule has 0 aliphatic heterocycles. The average molecular weight is 423 g/mol. The van der Waals surface area contributed by atoms with Crippen molar-refractivity contribution < 1.29 is 4.74 Å². The fourth-order valence-corrected chi connectivity index (χ4v) is 19.1. The molecule has 2 heteroatoms. The number of unbranched alkanes of at least 4 members (excludes halogenated alkanes) is 3. The van der Waals surface area contributed by atoms with E-state index in [0.29, 0.717) is 0 Å². The van der Waals surface area contributed by atoms with Crippen molar-refractivity contribution in [3.63, 3.8) is 0 Å². The van der Waals surface area contributed by atoms with E-state index in [-0.39, 0.29) is 0 Å². The molecule has 0 aromatic heterocycles. The number of rotatable bonds is 12. The second-order valence-corrected chi connectivity index (χ2v) is 19.7. The number of hydrogen-bond donors (Lipinski definition) is 0. The van der Waals surface area contributed by atoms with E-state index in [4.69, 9.17) is 4.74 Å². The summed E-state index contributed by atoms with van der Waals surface area (Å²) in [7, 11) is 1.91. The minimum atomic E-state index is -2.43. The average Bonchev–Trinajstić information content (AvgIpc) is 2.60. The van der Waals surface area contributed by atoms with Crippen LogP contribution in [0.2, 0.25) is 13.3 Å². The standard InChI is InChI=1S/C9H9O.3C4H9.Sn/c1-10-8-7-9-5-3-2-4-6-9;3*1-3-4-2;/h2-7H,1H3;3*1,3-4H2,2H3;. The van der Waals surface area contributed by atoms with Crippen molar-refractivity contribution in [3.8, 4) is 0 Å². The molecule has 0 unspecified atom stereocenters. The molecular formula is C21H36OSn. The zero-order chi connectivity index (χ0) is 17.0. The second-order valence-electron chi connectivity index (χ2n) is 6.71. The van der Waals surface area contributed by atoms with E-state index in [1.165, 1.54) is 61.2 Å². The third-order valence-electron chi connectivity index (χ3n) is 4.87. The molecule has 130 valence electrons. The van der Waals surface area contributed by atoms with Gasteiger partial charge in [-0.15, -0.1) is 0 Å². The van der Waals surface area contributed by atoms with E-state index in [2.05, 4.69) is 57.2 Å². The number of methoxy groups -OCH3 is 1. The maximum atomic E-state index is 6.07. The molecule has 0 spiro atoms. The van der Waals surface area contributed by atoms with Gasteiger partial charge in [-0.2, -0.15) is 0 Å². The van der Waals surface area contributed by atoms with Crippen molar-refractivity contribution in [1.29, 1.82) is 0 Å². The Kier molecular flexibility index (Phi) is 10.7. The van der Waals surface area contributed by atoms with Crippen LogP contribution in [0.1, 0.15) is 64.9 Å². The Hall–Kier alpha value is -0.441. The van der Waals surface area contributed by atoms with E-state index in [9.17, 15) is 0 Å². The predicted octanol–water partition coefficient (Wildman–Crippen LogP) is 7.06. The summed E-state index contributed by atoms with van der Waals surface area (Å²) in [5.74, 6) is 0. The molecule has 0 bridgehead atoms. The van der Waals surface area contributed by atoms with Crippen molar-refractivity contribution in [2.24, 2.45) is 0 Å². The molecule has 0 atom stereocenters. The molecule has 0 aliphatic carbocycles. The molecule has 1 rings (SSSR count). The zero-order valence-electron chi connectivity index (χ0n) is 15.7. The van der Waals surface area contributed by atoms with Crippen molar-refractivity contribution in [3.05, 3.63) is 39.7 Å². The van der Waals surface area contributed by atoms with E-state index in [0.717, 1.165) is 0 Å². The summed E-state index contributed by atoms with van der Waals surface area (Å²) < 4.78 is 11.8. The topological polar surface area (TPSA) is 9.23 Å². The Morgan fingerprint density at radius 1 is 0.870 bits per heavy atom. The van der Waals surface area contributed by atoms with Crippen LogP contribution in [0.25, 0.3) is 6.08 Å². The molecule has 0 fully saturated rings. The number of benzene rings is 1. The Balaban J connectivity index is 3.15. The molecule has 0 N–H and O–H groups in total. The molecule has 0 amide bonds. The molecule has 0 aliphatic rings. The summed E-state index contributed by atoms with van der Waals surface area (Å²) >= 11 is -2.43. The number of hydrogen-bond acceptors (Lipinski definition) is 1. The Bertz CT molecular complexity index is 417. The zero-order valence-corrected chi connectivity index (χ0v) is 18.6. The van der Waals surface area contributed by atoms with Gasteiger partial charge >= 0.3 is 149 Å². The molecule has 0 radical (unpaired) electrons. The van der Waals surface area contributed by atoms with Crippen LogP contribution in [-0.2, 0) is 4.74 Å². The number of ether oxygens (including phenoxy) is 1. The summed E-state index contributed by atoms with van der Waals surface area (Å²) in [6, 6.07) is 10.7. The first-order valence-corrected chi connectivity index (χ1v) is 17.0. The van der Waals surface area contributed by atoms with Crippen molar-refractivity contribution in [2.45, 2.75) is 72.6 Å². The predicted molar refractivity (Wildman–Crippen MR) is 106 cm³/mol. The summed E-state index contributed by atoms with van der Waals surface area (Å²) in [4.78, 5) is 0. The van der Waals surface area contributed by atoms with Gasteiger partial charge in [0.25, 0.3) is 0 Å². The van der Waals surface area contributed by atoms with E-state index < -0.39 is 18.4 Å². The first-order valence-electron chi connectivity index (χ1n) is 9.53. The molecule has 0 heterocycles. The SMILES string of the molecule is CCC[CH2][Sn]([CH2]CCC)([CH2]CCC)/[C](=C/c1ccccc1)OC. The summed E-state index contributed by atoms with van der Waals surface area (Å²) in [6.07, 6.45) is 10.4. The van der Waals surface area contributed by atoms with Gasteiger partial charge in [0.2, 0.25) is 0 Å². The normalized spacial score (nSPS) is 12.4. The molecule has 0 saturated heterocycles. The first kappa shape index (κ1) is 20.6. The van der Waals surface area contributed by atoms with Crippen LogP contribution in [0.3, 0.4) is 0 Å². The fraction of sp³-hybridized carbons (Fsp3) is 0.619. The summed E-state index contributed by atoms with van der Waals surface area (Å²) in [5.41, 5.74) is 1.30. The molecular weight excluding hydrogens is 387 g/mol. The van der Waals surface area contributed by atoms with Crippen LogP contribution in [0, 0.1) is 0 Å². The van der Waals surface area contributed by atoms with Crippen molar-refractivity contribution in [2.75, 3.05) is 7.11 Å². The van der Waals surface area contributed by atoms with Crippen LogP contribution in [0.4, 0.5) is 0 Å². The van der Waals surface area contributed by atoms with Gasteiger partial charge in [0.1, 0.15) is 0 Å². The molecule has 0 saturated carbocycles. The molecule has 1 aromatic carbocycles. The minimum absolute atomic E-state index is 1.30. The second kappa shape index (κ2) is 12.0. The van der Waals surface area contributed by atoms with Gasteiger partial charge in [0, 0.05) is 0 Å². The van der Waals surface area contributed by atoms with Crippen LogP contribution >= 0.6 is 0 Å². The quantitative estimate of drug-likeness (QED) is 0.258. The van der Waals surface area contributed by atoms with Gasteiger partial charge in [-0.1, -0.05) is 0 Å². The van der Waals surface area contributed by atoms with Crippen LogP contribution < -0.4 is 0 Å². The Morgan fingerprint density at radius 3 is 1.74 bits per heavy atom. The first-order chi connectivity index (χ1) is 11.2. The summed E-state index contributed by atoms with van der Waals surface area (Å²) in [5, 5.41) is 0. The van der Waals surface area contributed by atoms with Crippen molar-refractivity contribution in [1.82, 2.24) is 0 Å². The van der Waals surface area contributed by atoms with Gasteiger partial charge in [-0.25, -0.2) is 0 Å². The third kappa shape index (κ3) is 6.91. The molecule has 1 aromatic rings. The van der Waals surface area contributed by atoms with Crippen LogP contribution in [0.15, 0.2) is 34.1 Å². The van der Waals surface area contributed by atoms with Crippen LogP contribution in [0.5, 0.6) is 0 Å². The van der Waals surface area contributed by atoms with Gasteiger partial charge in [-0.3, -0.25) is 0 Å². The van der Waals surface area contributed by atoms with Crippen molar-refractivity contribution >= 4 is 24.5 Å². The Labute approximate surface area is 148 Å². The molecule has 1 nitrogen and oxygen atoms in total. The van der Waals surface area contributed by atoms with E-state index >= 15 is 0 Å². The van der Waals surface area contributed by atoms with E-state index in [1.54, 1.807) is 0 Å². The summed E-state index contributed by atoms with van der Waals surface area (Å²) in [6.45, 7) is 6.97. The molecule has 23 heavy (non-hydrogen) atoms. The van der Waals surface area contributed by atoms with Gasteiger partial charge < -0.3 is 0 Å².